The van der Waals surface area contributed by atoms with Crippen LogP contribution in [0.25, 0.3) is 10.6 Å². The number of hydrogen-bond acceptors (Lipinski definition) is 5. The summed E-state index contributed by atoms with van der Waals surface area (Å²) in [6.07, 6.45) is 3.28. The van der Waals surface area contributed by atoms with E-state index in [9.17, 15) is 5.11 Å². The van der Waals surface area contributed by atoms with E-state index in [1.54, 1.807) is 17.5 Å². The highest BCUT2D eigenvalue weighted by Gasteiger charge is 2.17. The van der Waals surface area contributed by atoms with Crippen LogP contribution in [0.1, 0.15) is 37.4 Å². The zero-order chi connectivity index (χ0) is 15.4. The Hall–Kier alpha value is -1.30. The fraction of sp³-hybridized carbons (Fsp3) is 0.500. The Morgan fingerprint density at radius 3 is 2.71 bits per heavy atom. The molecule has 0 aromatic carbocycles. The van der Waals surface area contributed by atoms with Gasteiger partial charge in [0.15, 0.2) is 0 Å². The van der Waals surface area contributed by atoms with E-state index >= 15 is 0 Å². The minimum atomic E-state index is -0.321. The number of nitrogens with one attached hydrogen (secondary N) is 1. The van der Waals surface area contributed by atoms with Crippen molar-refractivity contribution in [3.05, 3.63) is 35.1 Å². The quantitative estimate of drug-likeness (QED) is 0.860. The first kappa shape index (κ1) is 16.1. The van der Waals surface area contributed by atoms with Gasteiger partial charge in [0.25, 0.3) is 0 Å². The number of thiazole rings is 1. The molecule has 0 radical (unpaired) electrons. The third-order valence-corrected chi connectivity index (χ3v) is 4.93. The molecule has 21 heavy (non-hydrogen) atoms. The SMILES string of the molecule is Cc1nc(-c2cccnc2)sc1C(C)NCC(O)C(C)C. The van der Waals surface area contributed by atoms with Crippen molar-refractivity contribution in [2.45, 2.75) is 39.8 Å². The summed E-state index contributed by atoms with van der Waals surface area (Å²) in [5.74, 6) is 0.262. The lowest BCUT2D eigenvalue weighted by Gasteiger charge is -2.18. The van der Waals surface area contributed by atoms with Gasteiger partial charge in [-0.25, -0.2) is 4.98 Å². The largest absolute Gasteiger partial charge is 0.392 e. The Kier molecular flexibility index (Phi) is 5.45. The van der Waals surface area contributed by atoms with Crippen molar-refractivity contribution in [2.24, 2.45) is 5.92 Å². The van der Waals surface area contributed by atoms with Crippen LogP contribution in [0.2, 0.25) is 0 Å². The molecule has 2 aromatic rings. The maximum absolute atomic E-state index is 9.89. The topological polar surface area (TPSA) is 58.0 Å². The van der Waals surface area contributed by atoms with Crippen molar-refractivity contribution in [1.82, 2.24) is 15.3 Å². The molecule has 0 spiro atoms. The van der Waals surface area contributed by atoms with Crippen LogP contribution in [0.5, 0.6) is 0 Å². The van der Waals surface area contributed by atoms with Gasteiger partial charge in [0.1, 0.15) is 5.01 Å². The second-order valence-electron chi connectivity index (χ2n) is 5.65. The number of aliphatic hydroxyl groups is 1. The van der Waals surface area contributed by atoms with Gasteiger partial charge < -0.3 is 10.4 Å². The van der Waals surface area contributed by atoms with Crippen molar-refractivity contribution >= 4 is 11.3 Å². The lowest BCUT2D eigenvalue weighted by atomic mass is 10.1. The maximum atomic E-state index is 9.89. The number of aromatic nitrogens is 2. The van der Waals surface area contributed by atoms with Gasteiger partial charge >= 0.3 is 0 Å². The molecule has 0 saturated heterocycles. The van der Waals surface area contributed by atoms with Crippen molar-refractivity contribution in [3.8, 4) is 10.6 Å². The van der Waals surface area contributed by atoms with Crippen LogP contribution in [-0.4, -0.2) is 27.7 Å². The molecule has 0 aliphatic rings. The number of hydrogen-bond donors (Lipinski definition) is 2. The summed E-state index contributed by atoms with van der Waals surface area (Å²) in [5, 5.41) is 14.3. The molecule has 0 aliphatic carbocycles. The Bertz CT molecular complexity index is 568. The van der Waals surface area contributed by atoms with Gasteiger partial charge in [0, 0.05) is 35.4 Å². The highest BCUT2D eigenvalue weighted by atomic mass is 32.1. The van der Waals surface area contributed by atoms with Gasteiger partial charge in [-0.15, -0.1) is 11.3 Å². The van der Waals surface area contributed by atoms with Gasteiger partial charge in [0.05, 0.1) is 11.8 Å². The fourth-order valence-corrected chi connectivity index (χ4v) is 3.13. The Labute approximate surface area is 130 Å². The molecule has 2 unspecified atom stereocenters. The van der Waals surface area contributed by atoms with Crippen LogP contribution in [0, 0.1) is 12.8 Å². The standard InChI is InChI=1S/C16H23N3OS/c1-10(2)14(20)9-18-11(3)15-12(4)19-16(21-15)13-6-5-7-17-8-13/h5-8,10-11,14,18,20H,9H2,1-4H3. The van der Waals surface area contributed by atoms with E-state index in [0.29, 0.717) is 6.54 Å². The predicted octanol–water partition coefficient (Wildman–Crippen LogP) is 3.18. The molecule has 4 nitrogen and oxygen atoms in total. The number of aliphatic hydroxyl groups excluding tert-OH is 1. The molecular weight excluding hydrogens is 282 g/mol. The molecule has 0 bridgehead atoms. The molecule has 2 atom stereocenters. The van der Waals surface area contributed by atoms with E-state index in [4.69, 9.17) is 0 Å². The molecule has 114 valence electrons. The van der Waals surface area contributed by atoms with Crippen LogP contribution < -0.4 is 5.32 Å². The summed E-state index contributed by atoms with van der Waals surface area (Å²) in [7, 11) is 0. The monoisotopic (exact) mass is 305 g/mol. The first-order chi connectivity index (χ1) is 9.99. The summed E-state index contributed by atoms with van der Waals surface area (Å²) in [6, 6.07) is 4.13. The van der Waals surface area contributed by atoms with Crippen LogP contribution in [-0.2, 0) is 0 Å². The minimum absolute atomic E-state index is 0.182. The Morgan fingerprint density at radius 2 is 2.10 bits per heavy atom. The third-order valence-electron chi connectivity index (χ3n) is 3.54. The Morgan fingerprint density at radius 1 is 1.33 bits per heavy atom. The molecule has 0 saturated carbocycles. The first-order valence-electron chi connectivity index (χ1n) is 7.28. The molecule has 2 N–H and O–H groups in total. The highest BCUT2D eigenvalue weighted by Crippen LogP contribution is 2.31. The summed E-state index contributed by atoms with van der Waals surface area (Å²) >= 11 is 1.69. The molecule has 2 rings (SSSR count). The number of nitrogens with zero attached hydrogens (tertiary/aromatic N) is 2. The van der Waals surface area contributed by atoms with E-state index in [1.807, 2.05) is 39.1 Å². The highest BCUT2D eigenvalue weighted by molar-refractivity contribution is 7.15. The molecule has 0 aliphatic heterocycles. The molecule has 0 fully saturated rings. The average Bonchev–Trinajstić information content (AvgIpc) is 2.87. The maximum Gasteiger partial charge on any atom is 0.125 e. The fourth-order valence-electron chi connectivity index (χ4n) is 2.05. The second-order valence-corrected chi connectivity index (χ2v) is 6.68. The first-order valence-corrected chi connectivity index (χ1v) is 8.10. The zero-order valence-corrected chi connectivity index (χ0v) is 13.8. The number of aryl methyl sites for hydroxylation is 1. The van der Waals surface area contributed by atoms with Gasteiger partial charge in [-0.05, 0) is 31.9 Å². The van der Waals surface area contributed by atoms with Crippen molar-refractivity contribution in [3.63, 3.8) is 0 Å². The minimum Gasteiger partial charge on any atom is -0.392 e. The van der Waals surface area contributed by atoms with E-state index in [-0.39, 0.29) is 18.1 Å². The lowest BCUT2D eigenvalue weighted by molar-refractivity contribution is 0.121. The van der Waals surface area contributed by atoms with E-state index in [2.05, 4.69) is 22.2 Å². The van der Waals surface area contributed by atoms with Gasteiger partial charge in [-0.1, -0.05) is 13.8 Å². The van der Waals surface area contributed by atoms with Crippen LogP contribution in [0.15, 0.2) is 24.5 Å². The predicted molar refractivity (Wildman–Crippen MR) is 87.3 cm³/mol. The van der Waals surface area contributed by atoms with Gasteiger partial charge in [-0.2, -0.15) is 0 Å². The number of rotatable bonds is 6. The van der Waals surface area contributed by atoms with Gasteiger partial charge in [0.2, 0.25) is 0 Å². The molecular formula is C16H23N3OS. The van der Waals surface area contributed by atoms with Crippen molar-refractivity contribution in [1.29, 1.82) is 0 Å². The van der Waals surface area contributed by atoms with E-state index in [0.717, 1.165) is 16.3 Å². The summed E-state index contributed by atoms with van der Waals surface area (Å²) in [6.45, 7) is 8.78. The van der Waals surface area contributed by atoms with Crippen LogP contribution in [0.4, 0.5) is 0 Å². The van der Waals surface area contributed by atoms with Crippen LogP contribution in [0.3, 0.4) is 0 Å². The molecule has 2 heterocycles. The summed E-state index contributed by atoms with van der Waals surface area (Å²) < 4.78 is 0. The van der Waals surface area contributed by atoms with Gasteiger partial charge in [-0.3, -0.25) is 4.98 Å². The van der Waals surface area contributed by atoms with E-state index in [1.165, 1.54) is 4.88 Å². The summed E-state index contributed by atoms with van der Waals surface area (Å²) in [4.78, 5) is 9.99. The molecule has 5 heteroatoms. The third kappa shape index (κ3) is 4.09. The van der Waals surface area contributed by atoms with Crippen molar-refractivity contribution < 1.29 is 5.11 Å². The van der Waals surface area contributed by atoms with Crippen LogP contribution >= 0.6 is 11.3 Å². The van der Waals surface area contributed by atoms with E-state index < -0.39 is 0 Å². The Balaban J connectivity index is 2.08. The molecule has 0 amide bonds. The second kappa shape index (κ2) is 7.11. The summed E-state index contributed by atoms with van der Waals surface area (Å²) in [5.41, 5.74) is 2.09. The zero-order valence-electron chi connectivity index (χ0n) is 13.0. The molecule has 2 aromatic heterocycles. The van der Waals surface area contributed by atoms with Crippen molar-refractivity contribution in [2.75, 3.05) is 6.54 Å². The smallest absolute Gasteiger partial charge is 0.125 e. The lowest BCUT2D eigenvalue weighted by Crippen LogP contribution is -2.32. The normalized spacial score (nSPS) is 14.4. The average molecular weight is 305 g/mol. The number of pyridine rings is 1.